The van der Waals surface area contributed by atoms with Gasteiger partial charge in [-0.1, -0.05) is 83.2 Å². The Kier molecular flexibility index (Phi) is 11.6. The minimum atomic E-state index is -0.320. The molecule has 31 heavy (non-hydrogen) atoms. The van der Waals surface area contributed by atoms with Crippen LogP contribution in [0.4, 0.5) is 0 Å². The Hall–Kier alpha value is -2.47. The number of unbranched alkanes of at least 4 members (excludes halogenated alkanes) is 4. The first-order valence-electron chi connectivity index (χ1n) is 11.5. The first-order valence-corrected chi connectivity index (χ1v) is 11.5. The minimum absolute atomic E-state index is 0.0391. The van der Waals surface area contributed by atoms with Gasteiger partial charge < -0.3 is 14.2 Å². The van der Waals surface area contributed by atoms with E-state index in [9.17, 15) is 4.79 Å². The number of carbonyl (C=O) groups is 1. The van der Waals surface area contributed by atoms with E-state index in [1.165, 1.54) is 31.9 Å². The van der Waals surface area contributed by atoms with Gasteiger partial charge in [-0.25, -0.2) is 0 Å². The van der Waals surface area contributed by atoms with E-state index in [4.69, 9.17) is 14.2 Å². The Morgan fingerprint density at radius 2 is 1.84 bits per heavy atom. The predicted octanol–water partition coefficient (Wildman–Crippen LogP) is 6.20. The van der Waals surface area contributed by atoms with Gasteiger partial charge in [-0.2, -0.15) is 9.97 Å². The van der Waals surface area contributed by atoms with Crippen molar-refractivity contribution in [3.05, 3.63) is 36.5 Å². The quantitative estimate of drug-likeness (QED) is 0.191. The van der Waals surface area contributed by atoms with Crippen LogP contribution in [0, 0.1) is 5.92 Å². The summed E-state index contributed by atoms with van der Waals surface area (Å²) < 4.78 is 16.8. The highest BCUT2D eigenvalue weighted by Gasteiger charge is 2.15. The van der Waals surface area contributed by atoms with Crippen LogP contribution in [0.2, 0.25) is 0 Å². The van der Waals surface area contributed by atoms with E-state index in [0.717, 1.165) is 24.8 Å². The normalized spacial score (nSPS) is 11.8. The van der Waals surface area contributed by atoms with Gasteiger partial charge >= 0.3 is 12.0 Å². The Balaban J connectivity index is 1.96. The van der Waals surface area contributed by atoms with E-state index in [-0.39, 0.29) is 18.8 Å². The van der Waals surface area contributed by atoms with Crippen LogP contribution in [-0.2, 0) is 9.53 Å². The van der Waals surface area contributed by atoms with E-state index in [2.05, 4.69) is 30.7 Å². The lowest BCUT2D eigenvalue weighted by Crippen LogP contribution is -2.12. The zero-order valence-electron chi connectivity index (χ0n) is 19.1. The molecule has 0 aliphatic heterocycles. The van der Waals surface area contributed by atoms with Crippen molar-refractivity contribution in [2.75, 3.05) is 13.4 Å². The maximum atomic E-state index is 12.2. The van der Waals surface area contributed by atoms with E-state index in [1.54, 1.807) is 0 Å². The molecule has 1 atom stereocenters. The molecular formula is C25H36N2O4. The van der Waals surface area contributed by atoms with Crippen LogP contribution < -0.4 is 9.47 Å². The standard InChI is InChI=1S/C25H36N2O4/c1-4-6-7-8-12-17-29-19-30-22-18-26-25(31-23(28)16-15-20(3)5-2)27-24(22)21-13-10-9-11-14-21/h9-11,13-14,18,20H,4-8,12,15-17,19H2,1-3H3. The van der Waals surface area contributed by atoms with Crippen LogP contribution in [0.5, 0.6) is 11.8 Å². The summed E-state index contributed by atoms with van der Waals surface area (Å²) in [5.41, 5.74) is 1.43. The smallest absolute Gasteiger partial charge is 0.325 e. The molecule has 1 aromatic carbocycles. The highest BCUT2D eigenvalue weighted by molar-refractivity contribution is 5.72. The van der Waals surface area contributed by atoms with Crippen LogP contribution in [0.1, 0.15) is 72.1 Å². The van der Waals surface area contributed by atoms with Crippen molar-refractivity contribution in [1.82, 2.24) is 9.97 Å². The SMILES string of the molecule is CCCCCCCOCOc1cnc(OC(=O)CCC(C)CC)nc1-c1ccccc1. The van der Waals surface area contributed by atoms with Gasteiger partial charge in [0, 0.05) is 12.0 Å². The molecule has 2 aromatic rings. The van der Waals surface area contributed by atoms with Gasteiger partial charge in [0.15, 0.2) is 12.5 Å². The third-order valence-electron chi connectivity index (χ3n) is 5.21. The largest absolute Gasteiger partial charge is 0.464 e. The van der Waals surface area contributed by atoms with Crippen molar-refractivity contribution in [3.8, 4) is 23.0 Å². The molecule has 0 amide bonds. The van der Waals surface area contributed by atoms with E-state index >= 15 is 0 Å². The van der Waals surface area contributed by atoms with Crippen molar-refractivity contribution in [2.24, 2.45) is 5.92 Å². The molecule has 0 bridgehead atoms. The van der Waals surface area contributed by atoms with E-state index < -0.39 is 0 Å². The van der Waals surface area contributed by atoms with Crippen molar-refractivity contribution in [2.45, 2.75) is 72.1 Å². The number of hydrogen-bond donors (Lipinski definition) is 0. The summed E-state index contributed by atoms with van der Waals surface area (Å²) in [6, 6.07) is 9.68. The van der Waals surface area contributed by atoms with Crippen molar-refractivity contribution < 1.29 is 19.0 Å². The van der Waals surface area contributed by atoms with Crippen LogP contribution in [0.3, 0.4) is 0 Å². The first-order chi connectivity index (χ1) is 15.1. The van der Waals surface area contributed by atoms with Crippen molar-refractivity contribution in [1.29, 1.82) is 0 Å². The van der Waals surface area contributed by atoms with Gasteiger partial charge in [0.2, 0.25) is 0 Å². The van der Waals surface area contributed by atoms with Gasteiger partial charge in [-0.05, 0) is 18.8 Å². The van der Waals surface area contributed by atoms with Gasteiger partial charge in [-0.3, -0.25) is 4.79 Å². The third-order valence-corrected chi connectivity index (χ3v) is 5.21. The molecule has 0 aliphatic rings. The summed E-state index contributed by atoms with van der Waals surface area (Å²) >= 11 is 0. The fourth-order valence-corrected chi connectivity index (χ4v) is 3.01. The molecule has 2 rings (SSSR count). The number of hydrogen-bond acceptors (Lipinski definition) is 6. The molecule has 1 heterocycles. The molecular weight excluding hydrogens is 392 g/mol. The number of esters is 1. The third kappa shape index (κ3) is 9.47. The maximum Gasteiger partial charge on any atom is 0.325 e. The van der Waals surface area contributed by atoms with Gasteiger partial charge in [0.05, 0.1) is 12.8 Å². The number of nitrogens with zero attached hydrogens (tertiary/aromatic N) is 2. The number of ether oxygens (including phenoxy) is 3. The number of rotatable bonds is 15. The van der Waals surface area contributed by atoms with Crippen LogP contribution in [0.15, 0.2) is 36.5 Å². The second-order valence-electron chi connectivity index (χ2n) is 7.84. The van der Waals surface area contributed by atoms with Crippen LogP contribution in [-0.4, -0.2) is 29.3 Å². The molecule has 6 heteroatoms. The lowest BCUT2D eigenvalue weighted by atomic mass is 10.0. The Morgan fingerprint density at radius 1 is 1.06 bits per heavy atom. The summed E-state index contributed by atoms with van der Waals surface area (Å²) in [7, 11) is 0. The number of benzene rings is 1. The fourth-order valence-electron chi connectivity index (χ4n) is 3.01. The minimum Gasteiger partial charge on any atom is -0.464 e. The predicted molar refractivity (Wildman–Crippen MR) is 122 cm³/mol. The Morgan fingerprint density at radius 3 is 2.58 bits per heavy atom. The highest BCUT2D eigenvalue weighted by Crippen LogP contribution is 2.29. The van der Waals surface area contributed by atoms with Crippen molar-refractivity contribution in [3.63, 3.8) is 0 Å². The molecule has 0 N–H and O–H groups in total. The zero-order valence-corrected chi connectivity index (χ0v) is 19.1. The first kappa shape index (κ1) is 24.8. The lowest BCUT2D eigenvalue weighted by Gasteiger charge is -2.12. The molecule has 6 nitrogen and oxygen atoms in total. The second kappa shape index (κ2) is 14.5. The molecule has 1 aromatic heterocycles. The summed E-state index contributed by atoms with van der Waals surface area (Å²) in [6.45, 7) is 7.23. The molecule has 0 spiro atoms. The van der Waals surface area contributed by atoms with E-state index in [1.807, 2.05) is 30.3 Å². The molecule has 0 saturated carbocycles. The Labute approximate surface area is 186 Å². The van der Waals surface area contributed by atoms with Gasteiger partial charge in [0.25, 0.3) is 0 Å². The van der Waals surface area contributed by atoms with Gasteiger partial charge in [0.1, 0.15) is 5.69 Å². The molecule has 170 valence electrons. The summed E-state index contributed by atoms with van der Waals surface area (Å²) in [5.74, 6) is 0.659. The topological polar surface area (TPSA) is 70.5 Å². The average Bonchev–Trinajstić information content (AvgIpc) is 2.80. The fraction of sp³-hybridized carbons (Fsp3) is 0.560. The lowest BCUT2D eigenvalue weighted by molar-refractivity contribution is -0.135. The highest BCUT2D eigenvalue weighted by atomic mass is 16.7. The van der Waals surface area contributed by atoms with Crippen LogP contribution >= 0.6 is 0 Å². The molecule has 0 fully saturated rings. The van der Waals surface area contributed by atoms with Gasteiger partial charge in [-0.15, -0.1) is 0 Å². The molecule has 0 radical (unpaired) electrons. The average molecular weight is 429 g/mol. The van der Waals surface area contributed by atoms with Crippen LogP contribution in [0.25, 0.3) is 11.3 Å². The van der Waals surface area contributed by atoms with Crippen molar-refractivity contribution >= 4 is 5.97 Å². The maximum absolute atomic E-state index is 12.2. The second-order valence-corrected chi connectivity index (χ2v) is 7.84. The molecule has 0 aliphatic carbocycles. The monoisotopic (exact) mass is 428 g/mol. The zero-order chi connectivity index (χ0) is 22.3. The summed E-state index contributed by atoms with van der Waals surface area (Å²) in [6.07, 6.45) is 9.65. The summed E-state index contributed by atoms with van der Waals surface area (Å²) in [5, 5.41) is 0. The number of aromatic nitrogens is 2. The summed E-state index contributed by atoms with van der Waals surface area (Å²) in [4.78, 5) is 20.8. The molecule has 0 saturated heterocycles. The van der Waals surface area contributed by atoms with E-state index in [0.29, 0.717) is 30.4 Å². The number of carbonyl (C=O) groups excluding carboxylic acids is 1. The Bertz CT molecular complexity index is 767. The molecule has 1 unspecified atom stereocenters.